The average molecular weight is 275 g/mol. The molecule has 1 heterocycles. The second-order valence-electron chi connectivity index (χ2n) is 5.99. The molecule has 0 spiro atoms. The number of nitrogens with zero attached hydrogens (tertiary/aromatic N) is 2. The Balaban J connectivity index is 1.37. The van der Waals surface area contributed by atoms with E-state index in [0.717, 1.165) is 24.8 Å². The zero-order chi connectivity index (χ0) is 13.6. The Morgan fingerprint density at radius 2 is 1.90 bits per heavy atom. The molecular formula is C16H25N3O. The standard InChI is InChI=1S/C16H25N3O/c1-2-4-6-14(5-3-1)20-12-11-17-15-9-10-18-16(19-15)13-7-8-13/h9-10,13-14H,1-8,11-12H2,(H,17,18,19). The van der Waals surface area contributed by atoms with E-state index in [1.54, 1.807) is 0 Å². The largest absolute Gasteiger partial charge is 0.376 e. The summed E-state index contributed by atoms with van der Waals surface area (Å²) < 4.78 is 5.97. The number of ether oxygens (including phenoxy) is 1. The maximum atomic E-state index is 5.97. The first kappa shape index (κ1) is 13.8. The van der Waals surface area contributed by atoms with Gasteiger partial charge in [-0.05, 0) is 31.7 Å². The minimum atomic E-state index is 0.478. The van der Waals surface area contributed by atoms with Gasteiger partial charge in [-0.2, -0.15) is 0 Å². The molecule has 2 aliphatic carbocycles. The number of hydrogen-bond acceptors (Lipinski definition) is 4. The second kappa shape index (κ2) is 7.02. The third-order valence-electron chi connectivity index (χ3n) is 4.18. The molecule has 3 rings (SSSR count). The fourth-order valence-corrected chi connectivity index (χ4v) is 2.82. The quantitative estimate of drug-likeness (QED) is 0.637. The first-order valence-electron chi connectivity index (χ1n) is 8.10. The summed E-state index contributed by atoms with van der Waals surface area (Å²) in [4.78, 5) is 8.89. The fourth-order valence-electron chi connectivity index (χ4n) is 2.82. The van der Waals surface area contributed by atoms with Crippen molar-refractivity contribution in [2.24, 2.45) is 0 Å². The van der Waals surface area contributed by atoms with Gasteiger partial charge in [0.05, 0.1) is 12.7 Å². The summed E-state index contributed by atoms with van der Waals surface area (Å²) in [5, 5.41) is 3.35. The highest BCUT2D eigenvalue weighted by Crippen LogP contribution is 2.37. The van der Waals surface area contributed by atoms with Crippen LogP contribution in [0.3, 0.4) is 0 Å². The van der Waals surface area contributed by atoms with Crippen LogP contribution in [-0.4, -0.2) is 29.2 Å². The van der Waals surface area contributed by atoms with Crippen LogP contribution in [0, 0.1) is 0 Å². The molecule has 0 saturated heterocycles. The van der Waals surface area contributed by atoms with Crippen molar-refractivity contribution in [3.8, 4) is 0 Å². The number of hydrogen-bond donors (Lipinski definition) is 1. The van der Waals surface area contributed by atoms with Crippen LogP contribution in [0.1, 0.15) is 63.1 Å². The van der Waals surface area contributed by atoms with Gasteiger partial charge in [-0.3, -0.25) is 0 Å². The molecule has 4 nitrogen and oxygen atoms in total. The first-order chi connectivity index (χ1) is 9.92. The van der Waals surface area contributed by atoms with Crippen molar-refractivity contribution in [3.63, 3.8) is 0 Å². The van der Waals surface area contributed by atoms with Crippen LogP contribution in [0.15, 0.2) is 12.3 Å². The van der Waals surface area contributed by atoms with Crippen LogP contribution >= 0.6 is 0 Å². The van der Waals surface area contributed by atoms with Crippen LogP contribution in [0.4, 0.5) is 5.82 Å². The van der Waals surface area contributed by atoms with E-state index < -0.39 is 0 Å². The molecule has 1 aromatic rings. The topological polar surface area (TPSA) is 47.0 Å². The Morgan fingerprint density at radius 3 is 2.65 bits per heavy atom. The third kappa shape index (κ3) is 4.17. The highest BCUT2D eigenvalue weighted by Gasteiger charge is 2.26. The zero-order valence-corrected chi connectivity index (χ0v) is 12.2. The zero-order valence-electron chi connectivity index (χ0n) is 12.2. The summed E-state index contributed by atoms with van der Waals surface area (Å²) in [6.45, 7) is 1.60. The molecule has 20 heavy (non-hydrogen) atoms. The van der Waals surface area contributed by atoms with E-state index in [4.69, 9.17) is 4.74 Å². The van der Waals surface area contributed by atoms with Crippen LogP contribution in [-0.2, 0) is 4.74 Å². The van der Waals surface area contributed by atoms with Crippen molar-refractivity contribution in [2.45, 2.75) is 63.4 Å². The van der Waals surface area contributed by atoms with Gasteiger partial charge >= 0.3 is 0 Å². The Labute approximate surface area is 121 Å². The number of aromatic nitrogens is 2. The van der Waals surface area contributed by atoms with Crippen LogP contribution in [0.2, 0.25) is 0 Å². The molecule has 0 aliphatic heterocycles. The average Bonchev–Trinajstić information content (AvgIpc) is 3.31. The number of nitrogens with one attached hydrogen (secondary N) is 1. The number of anilines is 1. The Bertz CT molecular complexity index is 412. The lowest BCUT2D eigenvalue weighted by Crippen LogP contribution is -2.18. The monoisotopic (exact) mass is 275 g/mol. The van der Waals surface area contributed by atoms with Crippen LogP contribution in [0.25, 0.3) is 0 Å². The van der Waals surface area contributed by atoms with Gasteiger partial charge in [0.1, 0.15) is 11.6 Å². The molecule has 0 amide bonds. The van der Waals surface area contributed by atoms with Gasteiger partial charge in [-0.1, -0.05) is 25.7 Å². The van der Waals surface area contributed by atoms with Crippen molar-refractivity contribution in [1.82, 2.24) is 9.97 Å². The van der Waals surface area contributed by atoms with Gasteiger partial charge < -0.3 is 10.1 Å². The maximum Gasteiger partial charge on any atom is 0.133 e. The lowest BCUT2D eigenvalue weighted by Gasteiger charge is -2.15. The molecule has 2 fully saturated rings. The summed E-state index contributed by atoms with van der Waals surface area (Å²) >= 11 is 0. The fraction of sp³-hybridized carbons (Fsp3) is 0.750. The summed E-state index contributed by atoms with van der Waals surface area (Å²) in [6, 6.07) is 1.94. The predicted molar refractivity (Wildman–Crippen MR) is 79.9 cm³/mol. The molecule has 0 radical (unpaired) electrons. The highest BCUT2D eigenvalue weighted by molar-refractivity contribution is 5.33. The van der Waals surface area contributed by atoms with Gasteiger partial charge in [0.25, 0.3) is 0 Å². The minimum Gasteiger partial charge on any atom is -0.376 e. The Hall–Kier alpha value is -1.16. The molecule has 2 saturated carbocycles. The van der Waals surface area contributed by atoms with E-state index in [0.29, 0.717) is 12.0 Å². The van der Waals surface area contributed by atoms with Crippen molar-refractivity contribution in [1.29, 1.82) is 0 Å². The normalized spacial score (nSPS) is 20.6. The Morgan fingerprint density at radius 1 is 1.10 bits per heavy atom. The van der Waals surface area contributed by atoms with Crippen molar-refractivity contribution >= 4 is 5.82 Å². The van der Waals surface area contributed by atoms with Crippen LogP contribution in [0.5, 0.6) is 0 Å². The highest BCUT2D eigenvalue weighted by atomic mass is 16.5. The first-order valence-corrected chi connectivity index (χ1v) is 8.10. The van der Waals surface area contributed by atoms with Crippen molar-refractivity contribution in [3.05, 3.63) is 18.1 Å². The molecule has 1 N–H and O–H groups in total. The molecule has 2 aliphatic rings. The lowest BCUT2D eigenvalue weighted by atomic mass is 10.1. The Kier molecular flexibility index (Phi) is 4.85. The van der Waals surface area contributed by atoms with Crippen LogP contribution < -0.4 is 5.32 Å². The molecule has 0 bridgehead atoms. The van der Waals surface area contributed by atoms with Gasteiger partial charge in [0.15, 0.2) is 0 Å². The summed E-state index contributed by atoms with van der Waals surface area (Å²) in [6.07, 6.45) is 12.7. The van der Waals surface area contributed by atoms with Gasteiger partial charge in [-0.25, -0.2) is 9.97 Å². The van der Waals surface area contributed by atoms with Gasteiger partial charge in [-0.15, -0.1) is 0 Å². The molecule has 4 heteroatoms. The van der Waals surface area contributed by atoms with E-state index in [-0.39, 0.29) is 0 Å². The van der Waals surface area contributed by atoms with Crippen molar-refractivity contribution in [2.75, 3.05) is 18.5 Å². The van der Waals surface area contributed by atoms with E-state index in [9.17, 15) is 0 Å². The van der Waals surface area contributed by atoms with E-state index >= 15 is 0 Å². The van der Waals surface area contributed by atoms with E-state index in [2.05, 4.69) is 15.3 Å². The predicted octanol–water partition coefficient (Wildman–Crippen LogP) is 3.51. The molecule has 1 aromatic heterocycles. The minimum absolute atomic E-state index is 0.478. The summed E-state index contributed by atoms with van der Waals surface area (Å²) in [7, 11) is 0. The molecule has 0 aromatic carbocycles. The third-order valence-corrected chi connectivity index (χ3v) is 4.18. The van der Waals surface area contributed by atoms with Gasteiger partial charge in [0, 0.05) is 18.7 Å². The molecule has 110 valence electrons. The lowest BCUT2D eigenvalue weighted by molar-refractivity contribution is 0.0501. The molecule has 0 atom stereocenters. The molecular weight excluding hydrogens is 250 g/mol. The smallest absolute Gasteiger partial charge is 0.133 e. The SMILES string of the molecule is c1cc(NCCOC2CCCCCC2)nc(C2CC2)n1. The number of rotatable bonds is 6. The summed E-state index contributed by atoms with van der Waals surface area (Å²) in [5.41, 5.74) is 0. The summed E-state index contributed by atoms with van der Waals surface area (Å²) in [5.74, 6) is 2.55. The second-order valence-corrected chi connectivity index (χ2v) is 5.99. The molecule has 0 unspecified atom stereocenters. The maximum absolute atomic E-state index is 5.97. The van der Waals surface area contributed by atoms with E-state index in [1.165, 1.54) is 51.4 Å². The van der Waals surface area contributed by atoms with Gasteiger partial charge in [0.2, 0.25) is 0 Å². The van der Waals surface area contributed by atoms with E-state index in [1.807, 2.05) is 12.3 Å². The van der Waals surface area contributed by atoms with Crippen molar-refractivity contribution < 1.29 is 4.74 Å².